The van der Waals surface area contributed by atoms with Crippen molar-refractivity contribution in [3.63, 3.8) is 0 Å². The van der Waals surface area contributed by atoms with Crippen LogP contribution in [0.4, 0.5) is 0 Å². The van der Waals surface area contributed by atoms with E-state index in [9.17, 15) is 0 Å². The molecule has 1 fully saturated rings. The number of fused-ring (bicyclic) bond motifs is 2. The van der Waals surface area contributed by atoms with Gasteiger partial charge in [-0.15, -0.1) is 0 Å². The summed E-state index contributed by atoms with van der Waals surface area (Å²) in [5, 5.41) is 10.3. The molecule has 4 rings (SSSR count). The van der Waals surface area contributed by atoms with Crippen molar-refractivity contribution in [3.8, 4) is 0 Å². The monoisotopic (exact) mass is 422 g/mol. The predicted octanol–water partition coefficient (Wildman–Crippen LogP) is 4.74. The maximum atomic E-state index is 9.07. The summed E-state index contributed by atoms with van der Waals surface area (Å²) in [4.78, 5) is 7.55. The van der Waals surface area contributed by atoms with Crippen LogP contribution in [-0.2, 0) is 6.42 Å². The standard InChI is InChI=1S/C21H24Cl2N2OS/c22-17-13-16-19(25-9-7-24(8-10-25)6-3-11-26)12-15-4-1-2-5-20(15)27-21(16)14-18(17)23/h1-2,4-5,13-14,19,26H,3,6-12H2. The van der Waals surface area contributed by atoms with Crippen LogP contribution in [0.1, 0.15) is 23.6 Å². The van der Waals surface area contributed by atoms with E-state index in [2.05, 4.69) is 40.1 Å². The highest BCUT2D eigenvalue weighted by atomic mass is 35.5. The van der Waals surface area contributed by atoms with Crippen molar-refractivity contribution in [3.05, 3.63) is 57.6 Å². The van der Waals surface area contributed by atoms with Crippen molar-refractivity contribution in [2.45, 2.75) is 28.7 Å². The van der Waals surface area contributed by atoms with Crippen LogP contribution in [0.15, 0.2) is 46.2 Å². The van der Waals surface area contributed by atoms with Gasteiger partial charge < -0.3 is 10.0 Å². The van der Waals surface area contributed by atoms with Gasteiger partial charge >= 0.3 is 0 Å². The fraction of sp³-hybridized carbons (Fsp3) is 0.429. The summed E-state index contributed by atoms with van der Waals surface area (Å²) in [7, 11) is 0. The molecule has 0 radical (unpaired) electrons. The van der Waals surface area contributed by atoms with Gasteiger partial charge in [0.05, 0.1) is 10.0 Å². The van der Waals surface area contributed by atoms with Gasteiger partial charge in [0, 0.05) is 55.2 Å². The third-order valence-corrected chi connectivity index (χ3v) is 7.41. The summed E-state index contributed by atoms with van der Waals surface area (Å²) in [6, 6.07) is 13.1. The quantitative estimate of drug-likeness (QED) is 0.769. The smallest absolute Gasteiger partial charge is 0.0603 e. The van der Waals surface area contributed by atoms with Crippen LogP contribution in [0, 0.1) is 0 Å². The summed E-state index contributed by atoms with van der Waals surface area (Å²) in [5.41, 5.74) is 2.67. The Morgan fingerprint density at radius 1 is 1.00 bits per heavy atom. The van der Waals surface area contributed by atoms with Crippen LogP contribution >= 0.6 is 35.0 Å². The molecule has 1 atom stereocenters. The maximum absolute atomic E-state index is 9.07. The number of aliphatic hydroxyl groups excluding tert-OH is 1. The molecule has 1 saturated heterocycles. The molecule has 2 heterocycles. The van der Waals surface area contributed by atoms with Gasteiger partial charge in [-0.25, -0.2) is 0 Å². The summed E-state index contributed by atoms with van der Waals surface area (Å²) >= 11 is 14.5. The molecule has 6 heteroatoms. The number of halogens is 2. The molecule has 0 amide bonds. The number of hydrogen-bond donors (Lipinski definition) is 1. The molecule has 2 aromatic rings. The minimum absolute atomic E-state index is 0.267. The van der Waals surface area contributed by atoms with E-state index < -0.39 is 0 Å². The fourth-order valence-corrected chi connectivity index (χ4v) is 5.58. The number of piperazine rings is 1. The van der Waals surface area contributed by atoms with Gasteiger partial charge in [-0.3, -0.25) is 4.90 Å². The highest BCUT2D eigenvalue weighted by Crippen LogP contribution is 2.45. The zero-order valence-electron chi connectivity index (χ0n) is 15.2. The molecule has 0 aromatic heterocycles. The maximum Gasteiger partial charge on any atom is 0.0603 e. The highest BCUT2D eigenvalue weighted by molar-refractivity contribution is 7.99. The number of benzene rings is 2. The number of aliphatic hydroxyl groups is 1. The molecule has 0 aliphatic carbocycles. The van der Waals surface area contributed by atoms with E-state index in [0.29, 0.717) is 16.1 Å². The van der Waals surface area contributed by atoms with Gasteiger partial charge in [-0.05, 0) is 42.2 Å². The van der Waals surface area contributed by atoms with Crippen LogP contribution in [0.2, 0.25) is 10.0 Å². The van der Waals surface area contributed by atoms with E-state index >= 15 is 0 Å². The second kappa shape index (κ2) is 8.73. The van der Waals surface area contributed by atoms with E-state index in [1.807, 2.05) is 6.07 Å². The second-order valence-electron chi connectivity index (χ2n) is 7.19. The lowest BCUT2D eigenvalue weighted by atomic mass is 9.96. The van der Waals surface area contributed by atoms with Gasteiger partial charge in [0.25, 0.3) is 0 Å². The highest BCUT2D eigenvalue weighted by Gasteiger charge is 2.30. The summed E-state index contributed by atoms with van der Waals surface area (Å²) < 4.78 is 0. The summed E-state index contributed by atoms with van der Waals surface area (Å²) in [6.07, 6.45) is 1.84. The van der Waals surface area contributed by atoms with Crippen LogP contribution in [0.3, 0.4) is 0 Å². The molecule has 144 valence electrons. The van der Waals surface area contributed by atoms with Crippen molar-refractivity contribution in [1.82, 2.24) is 9.80 Å². The molecule has 0 spiro atoms. The Labute approximate surface area is 175 Å². The van der Waals surface area contributed by atoms with Crippen LogP contribution in [0.5, 0.6) is 0 Å². The van der Waals surface area contributed by atoms with E-state index in [-0.39, 0.29) is 6.61 Å². The summed E-state index contributed by atoms with van der Waals surface area (Å²) in [5.74, 6) is 0. The van der Waals surface area contributed by atoms with E-state index in [0.717, 1.165) is 45.6 Å². The van der Waals surface area contributed by atoms with Crippen LogP contribution in [0.25, 0.3) is 0 Å². The third kappa shape index (κ3) is 4.31. The first-order chi connectivity index (χ1) is 13.2. The molecule has 0 bridgehead atoms. The Kier molecular flexibility index (Phi) is 6.32. The molecular weight excluding hydrogens is 399 g/mol. The molecule has 3 nitrogen and oxygen atoms in total. The topological polar surface area (TPSA) is 26.7 Å². The van der Waals surface area contributed by atoms with E-state index in [4.69, 9.17) is 28.3 Å². The molecule has 27 heavy (non-hydrogen) atoms. The zero-order valence-corrected chi connectivity index (χ0v) is 17.5. The largest absolute Gasteiger partial charge is 0.396 e. The van der Waals surface area contributed by atoms with Gasteiger partial charge in [0.15, 0.2) is 0 Å². The minimum atomic E-state index is 0.267. The lowest BCUT2D eigenvalue weighted by molar-refractivity contribution is 0.0899. The zero-order chi connectivity index (χ0) is 18.8. The second-order valence-corrected chi connectivity index (χ2v) is 9.09. The molecule has 1 N–H and O–H groups in total. The van der Waals surface area contributed by atoms with Gasteiger partial charge in [-0.2, -0.15) is 0 Å². The Morgan fingerprint density at radius 2 is 1.74 bits per heavy atom. The van der Waals surface area contributed by atoms with Crippen molar-refractivity contribution in [2.75, 3.05) is 39.3 Å². The average Bonchev–Trinajstić information content (AvgIpc) is 2.84. The normalized spacial score (nSPS) is 20.8. The SMILES string of the molecule is OCCCN1CCN(C2Cc3ccccc3Sc3cc(Cl)c(Cl)cc32)CC1. The fourth-order valence-electron chi connectivity index (χ4n) is 4.02. The van der Waals surface area contributed by atoms with Gasteiger partial charge in [0.1, 0.15) is 0 Å². The number of nitrogens with zero attached hydrogens (tertiary/aromatic N) is 2. The molecule has 2 aliphatic rings. The Hall–Kier alpha value is -0.750. The molecular formula is C21H24Cl2N2OS. The first-order valence-corrected chi connectivity index (χ1v) is 11.0. The van der Waals surface area contributed by atoms with Crippen LogP contribution < -0.4 is 0 Å². The van der Waals surface area contributed by atoms with E-state index in [1.165, 1.54) is 20.9 Å². The lowest BCUT2D eigenvalue weighted by Crippen LogP contribution is -2.48. The molecule has 0 saturated carbocycles. The Morgan fingerprint density at radius 3 is 2.52 bits per heavy atom. The Balaban J connectivity index is 1.63. The first-order valence-electron chi connectivity index (χ1n) is 9.47. The molecule has 2 aliphatic heterocycles. The van der Waals surface area contributed by atoms with Gasteiger partial charge in [0.2, 0.25) is 0 Å². The van der Waals surface area contributed by atoms with E-state index in [1.54, 1.807) is 11.8 Å². The lowest BCUT2D eigenvalue weighted by Gasteiger charge is -2.39. The number of rotatable bonds is 4. The average molecular weight is 423 g/mol. The van der Waals surface area contributed by atoms with Gasteiger partial charge in [-0.1, -0.05) is 53.2 Å². The minimum Gasteiger partial charge on any atom is -0.396 e. The molecule has 2 aromatic carbocycles. The van der Waals surface area contributed by atoms with Crippen molar-refractivity contribution in [1.29, 1.82) is 0 Å². The first kappa shape index (κ1) is 19.6. The third-order valence-electron chi connectivity index (χ3n) is 5.50. The van der Waals surface area contributed by atoms with Crippen molar-refractivity contribution in [2.24, 2.45) is 0 Å². The van der Waals surface area contributed by atoms with Crippen LogP contribution in [-0.4, -0.2) is 54.2 Å². The van der Waals surface area contributed by atoms with Crippen molar-refractivity contribution >= 4 is 35.0 Å². The predicted molar refractivity (Wildman–Crippen MR) is 113 cm³/mol. The Bertz CT molecular complexity index is 809. The number of hydrogen-bond acceptors (Lipinski definition) is 4. The van der Waals surface area contributed by atoms with Crippen molar-refractivity contribution < 1.29 is 5.11 Å². The molecule has 1 unspecified atom stereocenters. The summed E-state index contributed by atoms with van der Waals surface area (Å²) in [6.45, 7) is 5.39.